The lowest BCUT2D eigenvalue weighted by Gasteiger charge is -2.68. The Morgan fingerprint density at radius 3 is 2.44 bits per heavy atom. The van der Waals surface area contributed by atoms with Crippen LogP contribution in [0.5, 0.6) is 0 Å². The SMILES string of the molecule is CC1[C@@H]2[C@@H](C#C[C@@H](O)C3CCCCC3)[C@H](O)CC[C@]2(C)C12OCCO2. The molecule has 0 bridgehead atoms. The molecule has 4 nitrogen and oxygen atoms in total. The zero-order chi connectivity index (χ0) is 17.7. The zero-order valence-electron chi connectivity index (χ0n) is 15.5. The summed E-state index contributed by atoms with van der Waals surface area (Å²) >= 11 is 0. The van der Waals surface area contributed by atoms with Gasteiger partial charge in [-0.05, 0) is 37.5 Å². The Kier molecular flexibility index (Phi) is 4.65. The van der Waals surface area contributed by atoms with Gasteiger partial charge in [-0.2, -0.15) is 0 Å². The van der Waals surface area contributed by atoms with Gasteiger partial charge in [-0.15, -0.1) is 0 Å². The maximum absolute atomic E-state index is 10.6. The average Bonchev–Trinajstić information content (AvgIpc) is 3.15. The lowest BCUT2D eigenvalue weighted by atomic mass is 9.42. The van der Waals surface area contributed by atoms with E-state index in [-0.39, 0.29) is 23.2 Å². The van der Waals surface area contributed by atoms with Crippen molar-refractivity contribution >= 4 is 0 Å². The molecule has 0 aromatic carbocycles. The normalized spacial score (nSPS) is 44.5. The summed E-state index contributed by atoms with van der Waals surface area (Å²) in [5.41, 5.74) is -0.0860. The van der Waals surface area contributed by atoms with Crippen molar-refractivity contribution in [2.45, 2.75) is 76.8 Å². The van der Waals surface area contributed by atoms with Gasteiger partial charge in [-0.25, -0.2) is 0 Å². The number of aliphatic hydroxyl groups is 2. The predicted molar refractivity (Wildman–Crippen MR) is 94.5 cm³/mol. The summed E-state index contributed by atoms with van der Waals surface area (Å²) in [6, 6.07) is 0. The van der Waals surface area contributed by atoms with Gasteiger partial charge in [0.05, 0.1) is 25.2 Å². The molecule has 0 radical (unpaired) electrons. The summed E-state index contributed by atoms with van der Waals surface area (Å²) in [5, 5.41) is 21.1. The molecule has 1 saturated heterocycles. The van der Waals surface area contributed by atoms with Gasteiger partial charge >= 0.3 is 0 Å². The van der Waals surface area contributed by atoms with Crippen LogP contribution in [-0.2, 0) is 9.47 Å². The number of rotatable bonds is 1. The van der Waals surface area contributed by atoms with Crippen LogP contribution in [0.15, 0.2) is 0 Å². The van der Waals surface area contributed by atoms with Crippen LogP contribution < -0.4 is 0 Å². The van der Waals surface area contributed by atoms with Gasteiger partial charge in [0, 0.05) is 11.3 Å². The van der Waals surface area contributed by atoms with Crippen LogP contribution >= 0.6 is 0 Å². The van der Waals surface area contributed by atoms with Crippen LogP contribution in [0.3, 0.4) is 0 Å². The van der Waals surface area contributed by atoms with E-state index >= 15 is 0 Å². The molecule has 6 atom stereocenters. The molecule has 4 fully saturated rings. The second kappa shape index (κ2) is 6.53. The van der Waals surface area contributed by atoms with E-state index in [4.69, 9.17) is 9.47 Å². The fourth-order valence-corrected chi connectivity index (χ4v) is 6.32. The van der Waals surface area contributed by atoms with Crippen LogP contribution in [-0.4, -0.2) is 41.4 Å². The zero-order valence-corrected chi connectivity index (χ0v) is 15.5. The third-order valence-electron chi connectivity index (χ3n) is 7.64. The van der Waals surface area contributed by atoms with Crippen molar-refractivity contribution in [3.8, 4) is 11.8 Å². The molecule has 3 aliphatic carbocycles. The number of fused-ring (bicyclic) bond motifs is 2. The highest BCUT2D eigenvalue weighted by Gasteiger charge is 2.74. The number of ether oxygens (including phenoxy) is 2. The van der Waals surface area contributed by atoms with Crippen LogP contribution in [0.4, 0.5) is 0 Å². The van der Waals surface area contributed by atoms with E-state index in [1.54, 1.807) is 0 Å². The first-order valence-corrected chi connectivity index (χ1v) is 10.1. The molecule has 4 aliphatic rings. The maximum atomic E-state index is 10.6. The molecule has 2 N–H and O–H groups in total. The molecule has 4 rings (SSSR count). The molecule has 25 heavy (non-hydrogen) atoms. The molecule has 3 saturated carbocycles. The first kappa shape index (κ1) is 17.8. The molecule has 1 spiro atoms. The van der Waals surface area contributed by atoms with Crippen molar-refractivity contribution in [3.63, 3.8) is 0 Å². The van der Waals surface area contributed by atoms with Crippen molar-refractivity contribution in [1.29, 1.82) is 0 Å². The van der Waals surface area contributed by atoms with Crippen LogP contribution in [0.1, 0.15) is 58.8 Å². The first-order chi connectivity index (χ1) is 12.0. The van der Waals surface area contributed by atoms with E-state index in [1.165, 1.54) is 19.3 Å². The van der Waals surface area contributed by atoms with E-state index in [2.05, 4.69) is 25.7 Å². The highest BCUT2D eigenvalue weighted by molar-refractivity contribution is 5.24. The Morgan fingerprint density at radius 2 is 1.76 bits per heavy atom. The van der Waals surface area contributed by atoms with E-state index in [1.807, 2.05) is 0 Å². The molecule has 4 heteroatoms. The van der Waals surface area contributed by atoms with Crippen molar-refractivity contribution in [1.82, 2.24) is 0 Å². The third kappa shape index (κ3) is 2.58. The van der Waals surface area contributed by atoms with Gasteiger partial charge in [0.15, 0.2) is 5.79 Å². The smallest absolute Gasteiger partial charge is 0.176 e. The second-order valence-corrected chi connectivity index (χ2v) is 8.86. The Labute approximate surface area is 151 Å². The molecule has 0 amide bonds. The van der Waals surface area contributed by atoms with Gasteiger partial charge < -0.3 is 19.7 Å². The molecular weight excluding hydrogens is 316 g/mol. The highest BCUT2D eigenvalue weighted by Crippen LogP contribution is 2.69. The topological polar surface area (TPSA) is 58.9 Å². The van der Waals surface area contributed by atoms with Crippen LogP contribution in [0, 0.1) is 40.9 Å². The minimum atomic E-state index is -0.552. The first-order valence-electron chi connectivity index (χ1n) is 10.1. The van der Waals surface area contributed by atoms with Crippen molar-refractivity contribution in [3.05, 3.63) is 0 Å². The Morgan fingerprint density at radius 1 is 1.08 bits per heavy atom. The van der Waals surface area contributed by atoms with Gasteiger partial charge in [0.25, 0.3) is 0 Å². The number of hydrogen-bond acceptors (Lipinski definition) is 4. The third-order valence-corrected chi connectivity index (χ3v) is 7.64. The van der Waals surface area contributed by atoms with Crippen LogP contribution in [0.25, 0.3) is 0 Å². The minimum Gasteiger partial charge on any atom is -0.392 e. The maximum Gasteiger partial charge on any atom is 0.176 e. The molecule has 1 unspecified atom stereocenters. The molecule has 0 aromatic heterocycles. The van der Waals surface area contributed by atoms with Gasteiger partial charge in [-0.3, -0.25) is 0 Å². The van der Waals surface area contributed by atoms with Crippen molar-refractivity contribution in [2.75, 3.05) is 13.2 Å². The largest absolute Gasteiger partial charge is 0.392 e. The lowest BCUT2D eigenvalue weighted by molar-refractivity contribution is -0.380. The summed E-state index contributed by atoms with van der Waals surface area (Å²) in [6.45, 7) is 5.72. The molecule has 140 valence electrons. The Bertz CT molecular complexity index is 552. The minimum absolute atomic E-state index is 0.0860. The lowest BCUT2D eigenvalue weighted by Crippen LogP contribution is -2.73. The van der Waals surface area contributed by atoms with E-state index in [0.29, 0.717) is 19.1 Å². The van der Waals surface area contributed by atoms with Crippen molar-refractivity contribution < 1.29 is 19.7 Å². The summed E-state index contributed by atoms with van der Waals surface area (Å²) < 4.78 is 12.1. The van der Waals surface area contributed by atoms with Crippen LogP contribution in [0.2, 0.25) is 0 Å². The van der Waals surface area contributed by atoms with E-state index < -0.39 is 18.0 Å². The number of aliphatic hydroxyl groups excluding tert-OH is 2. The second-order valence-electron chi connectivity index (χ2n) is 8.86. The molecule has 1 aliphatic heterocycles. The van der Waals surface area contributed by atoms with Gasteiger partial charge in [0.1, 0.15) is 6.10 Å². The summed E-state index contributed by atoms with van der Waals surface area (Å²) in [6.07, 6.45) is 6.50. The molecule has 1 heterocycles. The summed E-state index contributed by atoms with van der Waals surface area (Å²) in [5.74, 6) is 6.63. The standard InChI is InChI=1S/C21H32O4/c1-14-19-16(8-9-17(22)15-6-4-3-5-7-15)18(23)10-11-20(19,2)21(14)24-12-13-25-21/h14-19,22-23H,3-7,10-13H2,1-2H3/t14?,16-,17+,18+,19+,20-/m0/s1. The van der Waals surface area contributed by atoms with Gasteiger partial charge in [0.2, 0.25) is 0 Å². The quantitative estimate of drug-likeness (QED) is 0.716. The summed E-state index contributed by atoms with van der Waals surface area (Å²) in [7, 11) is 0. The fourth-order valence-electron chi connectivity index (χ4n) is 6.32. The van der Waals surface area contributed by atoms with Gasteiger partial charge in [-0.1, -0.05) is 45.0 Å². The van der Waals surface area contributed by atoms with E-state index in [0.717, 1.165) is 25.7 Å². The predicted octanol–water partition coefficient (Wildman–Crippen LogP) is 2.72. The van der Waals surface area contributed by atoms with E-state index in [9.17, 15) is 10.2 Å². The van der Waals surface area contributed by atoms with Crippen molar-refractivity contribution in [2.24, 2.45) is 29.1 Å². The monoisotopic (exact) mass is 348 g/mol. The Hall–Kier alpha value is -0.600. The Balaban J connectivity index is 1.52. The molecular formula is C21H32O4. The molecule has 0 aromatic rings. The highest BCUT2D eigenvalue weighted by atomic mass is 16.7. The number of hydrogen-bond donors (Lipinski definition) is 2. The fraction of sp³-hybridized carbons (Fsp3) is 0.905. The average molecular weight is 348 g/mol. The summed E-state index contributed by atoms with van der Waals surface area (Å²) in [4.78, 5) is 0.